The first-order chi connectivity index (χ1) is 14.7. The summed E-state index contributed by atoms with van der Waals surface area (Å²) < 4.78 is 0. The van der Waals surface area contributed by atoms with E-state index in [9.17, 15) is 0 Å². The van der Waals surface area contributed by atoms with Crippen molar-refractivity contribution in [2.75, 3.05) is 0 Å². The SMILES string of the molecule is CCC(C)c1ccc(C2(C(CC(CC)c3ccccc3)c3ccccc3)CC2)cc1. The van der Waals surface area contributed by atoms with E-state index in [1.165, 1.54) is 48.8 Å². The van der Waals surface area contributed by atoms with Gasteiger partial charge in [-0.1, -0.05) is 106 Å². The second-order valence-electron chi connectivity index (χ2n) is 9.30. The van der Waals surface area contributed by atoms with Crippen molar-refractivity contribution in [2.24, 2.45) is 0 Å². The molecule has 3 unspecified atom stereocenters. The number of benzene rings is 3. The van der Waals surface area contributed by atoms with Gasteiger partial charge in [0.15, 0.2) is 0 Å². The van der Waals surface area contributed by atoms with E-state index in [-0.39, 0.29) is 0 Å². The molecule has 1 aliphatic rings. The van der Waals surface area contributed by atoms with E-state index >= 15 is 0 Å². The quantitative estimate of drug-likeness (QED) is 0.339. The smallest absolute Gasteiger partial charge is 0.00225 e. The minimum Gasteiger partial charge on any atom is -0.0648 e. The maximum atomic E-state index is 2.44. The Hall–Kier alpha value is -2.34. The zero-order valence-electron chi connectivity index (χ0n) is 18.9. The molecule has 0 N–H and O–H groups in total. The van der Waals surface area contributed by atoms with Gasteiger partial charge >= 0.3 is 0 Å². The molecule has 0 heterocycles. The standard InChI is InChI=1S/C30H36/c1-4-23(3)25-16-18-28(19-17-25)30(20-21-30)29(27-14-10-7-11-15-27)22-24(5-2)26-12-8-6-9-13-26/h6-19,23-24,29H,4-5,20-22H2,1-3H3. The summed E-state index contributed by atoms with van der Waals surface area (Å²) in [5.41, 5.74) is 6.33. The summed E-state index contributed by atoms with van der Waals surface area (Å²) in [6, 6.07) is 32.1. The molecule has 1 fully saturated rings. The Labute approximate surface area is 183 Å². The highest BCUT2D eigenvalue weighted by molar-refractivity contribution is 5.41. The van der Waals surface area contributed by atoms with E-state index in [1.807, 2.05) is 0 Å². The average Bonchev–Trinajstić information content (AvgIpc) is 3.62. The normalized spacial score (nSPS) is 17.8. The molecule has 0 radical (unpaired) electrons. The van der Waals surface area contributed by atoms with Crippen molar-refractivity contribution in [1.29, 1.82) is 0 Å². The Morgan fingerprint density at radius 1 is 0.667 bits per heavy atom. The second kappa shape index (κ2) is 9.21. The summed E-state index contributed by atoms with van der Waals surface area (Å²) in [4.78, 5) is 0. The molecule has 3 aromatic carbocycles. The van der Waals surface area contributed by atoms with E-state index in [1.54, 1.807) is 5.56 Å². The fourth-order valence-corrected chi connectivity index (χ4v) is 5.27. The monoisotopic (exact) mass is 396 g/mol. The molecule has 0 nitrogen and oxygen atoms in total. The molecule has 0 amide bonds. The Kier molecular flexibility index (Phi) is 6.42. The van der Waals surface area contributed by atoms with E-state index in [2.05, 4.69) is 106 Å². The van der Waals surface area contributed by atoms with E-state index in [4.69, 9.17) is 0 Å². The lowest BCUT2D eigenvalue weighted by molar-refractivity contribution is 0.437. The Balaban J connectivity index is 1.68. The van der Waals surface area contributed by atoms with Crippen LogP contribution in [0.2, 0.25) is 0 Å². The molecule has 1 aliphatic carbocycles. The van der Waals surface area contributed by atoms with Crippen molar-refractivity contribution in [3.05, 3.63) is 107 Å². The Morgan fingerprint density at radius 3 is 1.73 bits per heavy atom. The average molecular weight is 397 g/mol. The van der Waals surface area contributed by atoms with Crippen molar-refractivity contribution < 1.29 is 0 Å². The van der Waals surface area contributed by atoms with E-state index in [0.29, 0.717) is 23.2 Å². The highest BCUT2D eigenvalue weighted by Crippen LogP contribution is 2.60. The zero-order chi connectivity index (χ0) is 21.0. The number of rotatable bonds is 9. The lowest BCUT2D eigenvalue weighted by Gasteiger charge is -2.32. The highest BCUT2D eigenvalue weighted by Gasteiger charge is 2.51. The van der Waals surface area contributed by atoms with Gasteiger partial charge in [-0.05, 0) is 72.1 Å². The third kappa shape index (κ3) is 4.24. The maximum absolute atomic E-state index is 2.44. The first-order valence-electron chi connectivity index (χ1n) is 11.9. The molecule has 1 saturated carbocycles. The van der Waals surface area contributed by atoms with Crippen LogP contribution in [0.5, 0.6) is 0 Å². The summed E-state index contributed by atoms with van der Waals surface area (Å²) in [6.45, 7) is 6.96. The summed E-state index contributed by atoms with van der Waals surface area (Å²) in [5.74, 6) is 1.81. The van der Waals surface area contributed by atoms with Gasteiger partial charge in [0, 0.05) is 5.41 Å². The van der Waals surface area contributed by atoms with Gasteiger partial charge in [-0.2, -0.15) is 0 Å². The fraction of sp³-hybridized carbons (Fsp3) is 0.400. The molecule has 0 aromatic heterocycles. The second-order valence-corrected chi connectivity index (χ2v) is 9.30. The van der Waals surface area contributed by atoms with Gasteiger partial charge in [0.1, 0.15) is 0 Å². The van der Waals surface area contributed by atoms with Crippen LogP contribution in [-0.4, -0.2) is 0 Å². The van der Waals surface area contributed by atoms with Crippen molar-refractivity contribution >= 4 is 0 Å². The lowest BCUT2D eigenvalue weighted by Crippen LogP contribution is -2.21. The molecule has 0 saturated heterocycles. The molecule has 3 atom stereocenters. The van der Waals surface area contributed by atoms with Gasteiger partial charge in [0.05, 0.1) is 0 Å². The van der Waals surface area contributed by atoms with Crippen LogP contribution in [-0.2, 0) is 5.41 Å². The molecular formula is C30H36. The van der Waals surface area contributed by atoms with Crippen LogP contribution >= 0.6 is 0 Å². The Bertz CT molecular complexity index is 903. The van der Waals surface area contributed by atoms with Crippen molar-refractivity contribution in [3.8, 4) is 0 Å². The molecule has 0 bridgehead atoms. The maximum Gasteiger partial charge on any atom is 0.00225 e. The predicted molar refractivity (Wildman–Crippen MR) is 129 cm³/mol. The van der Waals surface area contributed by atoms with Crippen LogP contribution in [0.3, 0.4) is 0 Å². The minimum atomic E-state index is 0.303. The number of hydrogen-bond donors (Lipinski definition) is 0. The third-order valence-corrected chi connectivity index (χ3v) is 7.61. The molecular weight excluding hydrogens is 360 g/mol. The van der Waals surface area contributed by atoms with Gasteiger partial charge in [0.2, 0.25) is 0 Å². The van der Waals surface area contributed by atoms with Crippen molar-refractivity contribution in [2.45, 2.75) is 76.0 Å². The van der Waals surface area contributed by atoms with E-state index in [0.717, 1.165) is 0 Å². The first kappa shape index (κ1) is 20.9. The summed E-state index contributed by atoms with van der Waals surface area (Å²) in [7, 11) is 0. The van der Waals surface area contributed by atoms with Gasteiger partial charge in [-0.25, -0.2) is 0 Å². The van der Waals surface area contributed by atoms with Crippen molar-refractivity contribution in [3.63, 3.8) is 0 Å². The fourth-order valence-electron chi connectivity index (χ4n) is 5.27. The molecule has 0 spiro atoms. The molecule has 30 heavy (non-hydrogen) atoms. The molecule has 3 aromatic rings. The van der Waals surface area contributed by atoms with Crippen LogP contribution in [0.1, 0.15) is 92.9 Å². The van der Waals surface area contributed by atoms with Gasteiger partial charge in [0.25, 0.3) is 0 Å². The predicted octanol–water partition coefficient (Wildman–Crippen LogP) is 8.60. The highest BCUT2D eigenvalue weighted by atomic mass is 14.5. The summed E-state index contributed by atoms with van der Waals surface area (Å²) in [6.07, 6.45) is 6.22. The summed E-state index contributed by atoms with van der Waals surface area (Å²) in [5, 5.41) is 0. The topological polar surface area (TPSA) is 0 Å². The minimum absolute atomic E-state index is 0.303. The molecule has 0 aliphatic heterocycles. The zero-order valence-corrected chi connectivity index (χ0v) is 18.9. The summed E-state index contributed by atoms with van der Waals surface area (Å²) >= 11 is 0. The van der Waals surface area contributed by atoms with Gasteiger partial charge < -0.3 is 0 Å². The van der Waals surface area contributed by atoms with Gasteiger partial charge in [-0.3, -0.25) is 0 Å². The third-order valence-electron chi connectivity index (χ3n) is 7.61. The molecule has 156 valence electrons. The van der Waals surface area contributed by atoms with E-state index < -0.39 is 0 Å². The van der Waals surface area contributed by atoms with Crippen LogP contribution in [0.25, 0.3) is 0 Å². The van der Waals surface area contributed by atoms with Gasteiger partial charge in [-0.15, -0.1) is 0 Å². The van der Waals surface area contributed by atoms with Crippen LogP contribution in [0.4, 0.5) is 0 Å². The lowest BCUT2D eigenvalue weighted by atomic mass is 9.72. The largest absolute Gasteiger partial charge is 0.0648 e. The molecule has 4 rings (SSSR count). The van der Waals surface area contributed by atoms with Crippen LogP contribution in [0, 0.1) is 0 Å². The van der Waals surface area contributed by atoms with Crippen LogP contribution < -0.4 is 0 Å². The number of hydrogen-bond acceptors (Lipinski definition) is 0. The Morgan fingerprint density at radius 2 is 1.23 bits per heavy atom. The van der Waals surface area contributed by atoms with Crippen molar-refractivity contribution in [1.82, 2.24) is 0 Å². The van der Waals surface area contributed by atoms with Crippen LogP contribution in [0.15, 0.2) is 84.9 Å². The first-order valence-corrected chi connectivity index (χ1v) is 11.9. The molecule has 0 heteroatoms.